The maximum Gasteiger partial charge on any atom is 0.255 e. The van der Waals surface area contributed by atoms with E-state index in [0.29, 0.717) is 0 Å². The minimum atomic E-state index is -0.529. The molecule has 1 aliphatic rings. The summed E-state index contributed by atoms with van der Waals surface area (Å²) in [5, 5.41) is 12.5. The van der Waals surface area contributed by atoms with Crippen molar-refractivity contribution >= 4 is 21.8 Å². The van der Waals surface area contributed by atoms with E-state index in [2.05, 4.69) is 21.2 Å². The summed E-state index contributed by atoms with van der Waals surface area (Å²) in [6, 6.07) is 3.41. The van der Waals surface area contributed by atoms with Gasteiger partial charge in [-0.05, 0) is 31.0 Å². The molecule has 19 heavy (non-hydrogen) atoms. The molecule has 2 unspecified atom stereocenters. The molecule has 2 rings (SSSR count). The Kier molecular flexibility index (Phi) is 4.80. The minimum Gasteiger partial charge on any atom is -0.507 e. The van der Waals surface area contributed by atoms with Gasteiger partial charge in [0.25, 0.3) is 5.91 Å². The van der Waals surface area contributed by atoms with Crippen LogP contribution in [0.25, 0.3) is 0 Å². The average molecular weight is 330 g/mol. The molecule has 0 bridgehead atoms. The third-order valence-corrected chi connectivity index (χ3v) is 4.55. The van der Waals surface area contributed by atoms with Crippen LogP contribution in [0, 0.1) is 5.82 Å². The lowest BCUT2D eigenvalue weighted by Gasteiger charge is -2.21. The largest absolute Gasteiger partial charge is 0.507 e. The van der Waals surface area contributed by atoms with Gasteiger partial charge in [-0.25, -0.2) is 4.39 Å². The molecule has 1 aromatic rings. The van der Waals surface area contributed by atoms with Gasteiger partial charge in [0.2, 0.25) is 0 Å². The monoisotopic (exact) mass is 329 g/mol. The van der Waals surface area contributed by atoms with Crippen molar-refractivity contribution in [1.82, 2.24) is 5.32 Å². The van der Waals surface area contributed by atoms with E-state index in [1.165, 1.54) is 12.5 Å². The Morgan fingerprint density at radius 3 is 2.84 bits per heavy atom. The molecule has 1 fully saturated rings. The van der Waals surface area contributed by atoms with Gasteiger partial charge in [-0.1, -0.05) is 35.2 Å². The molecule has 104 valence electrons. The number of alkyl halides is 1. The number of phenols is 1. The van der Waals surface area contributed by atoms with Crippen LogP contribution in [0.15, 0.2) is 18.2 Å². The van der Waals surface area contributed by atoms with Crippen LogP contribution < -0.4 is 5.32 Å². The maximum atomic E-state index is 13.1. The summed E-state index contributed by atoms with van der Waals surface area (Å²) in [5.41, 5.74) is -0.0102. The first-order chi connectivity index (χ1) is 9.08. The van der Waals surface area contributed by atoms with Crippen molar-refractivity contribution in [3.8, 4) is 5.75 Å². The molecule has 0 heterocycles. The Balaban J connectivity index is 2.09. The summed E-state index contributed by atoms with van der Waals surface area (Å²) < 4.78 is 13.1. The Hall–Kier alpha value is -1.10. The molecule has 0 spiro atoms. The number of rotatable bonds is 2. The maximum absolute atomic E-state index is 13.1. The van der Waals surface area contributed by atoms with E-state index < -0.39 is 11.7 Å². The number of hydrogen-bond acceptors (Lipinski definition) is 2. The SMILES string of the molecule is O=C(NC1CCCCCC1Br)c1cc(F)ccc1O. The number of carbonyl (C=O) groups is 1. The zero-order valence-electron chi connectivity index (χ0n) is 10.5. The molecule has 2 atom stereocenters. The third-order valence-electron chi connectivity index (χ3n) is 3.45. The van der Waals surface area contributed by atoms with Crippen LogP contribution in [0.3, 0.4) is 0 Å². The van der Waals surface area contributed by atoms with Crippen molar-refractivity contribution in [2.24, 2.45) is 0 Å². The number of hydrogen-bond donors (Lipinski definition) is 2. The second kappa shape index (κ2) is 6.37. The number of carbonyl (C=O) groups excluding carboxylic acids is 1. The fourth-order valence-corrected chi connectivity index (χ4v) is 3.08. The molecular weight excluding hydrogens is 313 g/mol. The van der Waals surface area contributed by atoms with Gasteiger partial charge in [0.05, 0.1) is 5.56 Å². The first-order valence-electron chi connectivity index (χ1n) is 6.51. The predicted octanol–water partition coefficient (Wildman–Crippen LogP) is 3.36. The van der Waals surface area contributed by atoms with Crippen LogP contribution in [0.4, 0.5) is 4.39 Å². The molecule has 3 nitrogen and oxygen atoms in total. The smallest absolute Gasteiger partial charge is 0.255 e. The lowest BCUT2D eigenvalue weighted by Crippen LogP contribution is -2.40. The zero-order valence-corrected chi connectivity index (χ0v) is 12.1. The van der Waals surface area contributed by atoms with Crippen LogP contribution in [0.5, 0.6) is 5.75 Å². The van der Waals surface area contributed by atoms with E-state index >= 15 is 0 Å². The standard InChI is InChI=1S/C14H17BrFNO2/c15-11-4-2-1-3-5-12(11)17-14(19)10-8-9(16)6-7-13(10)18/h6-8,11-12,18H,1-5H2,(H,17,19). The molecule has 0 saturated heterocycles. The van der Waals surface area contributed by atoms with Crippen molar-refractivity contribution in [1.29, 1.82) is 0 Å². The van der Waals surface area contributed by atoms with Gasteiger partial charge in [-0.2, -0.15) is 0 Å². The van der Waals surface area contributed by atoms with E-state index in [9.17, 15) is 14.3 Å². The summed E-state index contributed by atoms with van der Waals surface area (Å²) in [6.07, 6.45) is 5.30. The highest BCUT2D eigenvalue weighted by molar-refractivity contribution is 9.09. The number of amides is 1. The number of phenolic OH excluding ortho intramolecular Hbond substituents is 1. The van der Waals surface area contributed by atoms with Crippen molar-refractivity contribution < 1.29 is 14.3 Å². The predicted molar refractivity (Wildman–Crippen MR) is 75.1 cm³/mol. The molecule has 0 aliphatic heterocycles. The van der Waals surface area contributed by atoms with Gasteiger partial charge >= 0.3 is 0 Å². The Morgan fingerprint density at radius 1 is 1.32 bits per heavy atom. The molecular formula is C14H17BrFNO2. The van der Waals surface area contributed by atoms with E-state index in [0.717, 1.165) is 37.8 Å². The van der Waals surface area contributed by atoms with Gasteiger partial charge in [0, 0.05) is 10.9 Å². The van der Waals surface area contributed by atoms with Crippen molar-refractivity contribution in [2.75, 3.05) is 0 Å². The lowest BCUT2D eigenvalue weighted by atomic mass is 10.1. The summed E-state index contributed by atoms with van der Waals surface area (Å²) in [7, 11) is 0. The lowest BCUT2D eigenvalue weighted by molar-refractivity contribution is 0.0931. The van der Waals surface area contributed by atoms with E-state index in [1.54, 1.807) is 0 Å². The molecule has 1 aromatic carbocycles. The van der Waals surface area contributed by atoms with Crippen LogP contribution in [-0.2, 0) is 0 Å². The van der Waals surface area contributed by atoms with Crippen LogP contribution >= 0.6 is 15.9 Å². The first-order valence-corrected chi connectivity index (χ1v) is 7.43. The molecule has 1 saturated carbocycles. The van der Waals surface area contributed by atoms with E-state index in [4.69, 9.17) is 0 Å². The Bertz CT molecular complexity index is 467. The van der Waals surface area contributed by atoms with Crippen molar-refractivity contribution in [3.05, 3.63) is 29.6 Å². The van der Waals surface area contributed by atoms with Gasteiger partial charge < -0.3 is 10.4 Å². The average Bonchev–Trinajstić information content (AvgIpc) is 2.58. The Labute approximate surface area is 120 Å². The number of aromatic hydroxyl groups is 1. The number of halogens is 2. The van der Waals surface area contributed by atoms with Gasteiger partial charge in [-0.15, -0.1) is 0 Å². The highest BCUT2D eigenvalue weighted by Gasteiger charge is 2.24. The molecule has 1 amide bonds. The second-order valence-corrected chi connectivity index (χ2v) is 6.07. The van der Waals surface area contributed by atoms with Gasteiger partial charge in [-0.3, -0.25) is 4.79 Å². The molecule has 0 aromatic heterocycles. The molecule has 2 N–H and O–H groups in total. The highest BCUT2D eigenvalue weighted by Crippen LogP contribution is 2.25. The minimum absolute atomic E-state index is 0.0102. The van der Waals surface area contributed by atoms with E-state index in [1.807, 2.05) is 0 Å². The summed E-state index contributed by atoms with van der Waals surface area (Å²) in [4.78, 5) is 12.3. The normalized spacial score (nSPS) is 23.7. The van der Waals surface area contributed by atoms with Crippen molar-refractivity contribution in [2.45, 2.75) is 43.0 Å². The highest BCUT2D eigenvalue weighted by atomic mass is 79.9. The van der Waals surface area contributed by atoms with Crippen molar-refractivity contribution in [3.63, 3.8) is 0 Å². The summed E-state index contributed by atoms with van der Waals surface area (Å²) >= 11 is 3.59. The summed E-state index contributed by atoms with van der Waals surface area (Å²) in [6.45, 7) is 0. The van der Waals surface area contributed by atoms with Crippen LogP contribution in [0.1, 0.15) is 42.5 Å². The van der Waals surface area contributed by atoms with E-state index in [-0.39, 0.29) is 22.2 Å². The molecule has 5 heteroatoms. The fraction of sp³-hybridized carbons (Fsp3) is 0.500. The number of nitrogens with one attached hydrogen (secondary N) is 1. The van der Waals surface area contributed by atoms with Gasteiger partial charge in [0.1, 0.15) is 11.6 Å². The second-order valence-electron chi connectivity index (χ2n) is 4.90. The zero-order chi connectivity index (χ0) is 13.8. The quantitative estimate of drug-likeness (QED) is 0.645. The Morgan fingerprint density at radius 2 is 2.05 bits per heavy atom. The fourth-order valence-electron chi connectivity index (χ4n) is 2.36. The van der Waals surface area contributed by atoms with Crippen LogP contribution in [-0.4, -0.2) is 21.9 Å². The third kappa shape index (κ3) is 3.69. The number of benzene rings is 1. The topological polar surface area (TPSA) is 49.3 Å². The molecule has 1 aliphatic carbocycles. The first kappa shape index (κ1) is 14.3. The van der Waals surface area contributed by atoms with Gasteiger partial charge in [0.15, 0.2) is 0 Å². The van der Waals surface area contributed by atoms with Crippen LogP contribution in [0.2, 0.25) is 0 Å². The molecule has 0 radical (unpaired) electrons. The summed E-state index contributed by atoms with van der Waals surface area (Å²) in [5.74, 6) is -1.15.